The van der Waals surface area contributed by atoms with Crippen molar-refractivity contribution in [3.8, 4) is 5.75 Å². The van der Waals surface area contributed by atoms with E-state index in [4.69, 9.17) is 4.74 Å². The average Bonchev–Trinajstić information content (AvgIpc) is 3.11. The van der Waals surface area contributed by atoms with Gasteiger partial charge in [0.15, 0.2) is 0 Å². The fraction of sp³-hybridized carbons (Fsp3) is 0.241. The van der Waals surface area contributed by atoms with Crippen molar-refractivity contribution in [2.45, 2.75) is 19.6 Å². The molecule has 0 aliphatic carbocycles. The van der Waals surface area contributed by atoms with Gasteiger partial charge in [-0.15, -0.1) is 0 Å². The standard InChI is InChI=1S/C29H29FN2O4/c1-19-5-4-6-20(17-19)18-36-24-13-9-22(10-14-24)27(33)25-26(21-7-11-23(30)12-8-21)32(16-15-31(2)3)29(35)28(25)34/h4-14,17,26,33H,15-16,18H2,1-3H3/t26-/m1/s1. The van der Waals surface area contributed by atoms with Gasteiger partial charge in [-0.2, -0.15) is 0 Å². The van der Waals surface area contributed by atoms with E-state index in [0.717, 1.165) is 11.1 Å². The number of carbonyl (C=O) groups excluding carboxylic acids is 2. The molecule has 0 saturated carbocycles. The summed E-state index contributed by atoms with van der Waals surface area (Å²) in [5, 5.41) is 11.2. The minimum absolute atomic E-state index is 0.0150. The van der Waals surface area contributed by atoms with Gasteiger partial charge in [-0.3, -0.25) is 9.59 Å². The predicted octanol–water partition coefficient (Wildman–Crippen LogP) is 4.70. The number of amides is 1. The quantitative estimate of drug-likeness (QED) is 0.283. The second-order valence-corrected chi connectivity index (χ2v) is 9.15. The van der Waals surface area contributed by atoms with Gasteiger partial charge in [-0.05, 0) is 68.5 Å². The normalized spacial score (nSPS) is 17.1. The molecule has 1 atom stereocenters. The van der Waals surface area contributed by atoms with Gasteiger partial charge in [0.25, 0.3) is 11.7 Å². The number of benzene rings is 3. The molecule has 0 aromatic heterocycles. The zero-order valence-corrected chi connectivity index (χ0v) is 20.6. The van der Waals surface area contributed by atoms with Crippen LogP contribution in [0.5, 0.6) is 5.75 Å². The lowest BCUT2D eigenvalue weighted by Gasteiger charge is -2.26. The summed E-state index contributed by atoms with van der Waals surface area (Å²) in [5.41, 5.74) is 3.11. The lowest BCUT2D eigenvalue weighted by atomic mass is 9.95. The van der Waals surface area contributed by atoms with E-state index in [1.807, 2.05) is 50.2 Å². The molecule has 7 heteroatoms. The van der Waals surface area contributed by atoms with Crippen LogP contribution >= 0.6 is 0 Å². The van der Waals surface area contributed by atoms with Crippen LogP contribution in [-0.4, -0.2) is 53.8 Å². The molecule has 0 radical (unpaired) electrons. The molecule has 1 heterocycles. The van der Waals surface area contributed by atoms with E-state index >= 15 is 0 Å². The van der Waals surface area contributed by atoms with E-state index in [0.29, 0.717) is 30.0 Å². The smallest absolute Gasteiger partial charge is 0.295 e. The molecular weight excluding hydrogens is 459 g/mol. The van der Waals surface area contributed by atoms with Crippen LogP contribution in [0.2, 0.25) is 0 Å². The molecule has 3 aromatic rings. The van der Waals surface area contributed by atoms with E-state index in [2.05, 4.69) is 0 Å². The summed E-state index contributed by atoms with van der Waals surface area (Å²) in [6.45, 7) is 3.22. The largest absolute Gasteiger partial charge is 0.507 e. The number of Topliss-reactive ketones (excluding diaryl/α,β-unsaturated/α-hetero) is 1. The number of carbonyl (C=O) groups is 2. The van der Waals surface area contributed by atoms with Crippen LogP contribution in [0.3, 0.4) is 0 Å². The van der Waals surface area contributed by atoms with Crippen molar-refractivity contribution in [3.05, 3.63) is 106 Å². The summed E-state index contributed by atoms with van der Waals surface area (Å²) in [6.07, 6.45) is 0. The molecule has 6 nitrogen and oxygen atoms in total. The third kappa shape index (κ3) is 5.47. The summed E-state index contributed by atoms with van der Waals surface area (Å²) in [5.74, 6) is -1.55. The van der Waals surface area contributed by atoms with Gasteiger partial charge >= 0.3 is 0 Å². The van der Waals surface area contributed by atoms with E-state index in [1.54, 1.807) is 24.3 Å². The highest BCUT2D eigenvalue weighted by Crippen LogP contribution is 2.39. The lowest BCUT2D eigenvalue weighted by molar-refractivity contribution is -0.140. The highest BCUT2D eigenvalue weighted by Gasteiger charge is 2.45. The Hall–Kier alpha value is -3.97. The zero-order chi connectivity index (χ0) is 25.8. The molecule has 186 valence electrons. The monoisotopic (exact) mass is 488 g/mol. The summed E-state index contributed by atoms with van der Waals surface area (Å²) >= 11 is 0. The van der Waals surface area contributed by atoms with Crippen LogP contribution in [0.4, 0.5) is 4.39 Å². The van der Waals surface area contributed by atoms with Crippen LogP contribution in [-0.2, 0) is 16.2 Å². The Labute approximate surface area is 210 Å². The van der Waals surface area contributed by atoms with Gasteiger partial charge in [-0.1, -0.05) is 42.0 Å². The first-order valence-corrected chi connectivity index (χ1v) is 11.7. The number of ether oxygens (including phenoxy) is 1. The SMILES string of the molecule is Cc1cccc(COc2ccc(C(O)=C3C(=O)C(=O)N(CCN(C)C)[C@@H]3c3ccc(F)cc3)cc2)c1. The zero-order valence-electron chi connectivity index (χ0n) is 20.6. The Bertz CT molecular complexity index is 1280. The summed E-state index contributed by atoms with van der Waals surface area (Å²) in [4.78, 5) is 29.3. The summed E-state index contributed by atoms with van der Waals surface area (Å²) in [6, 6.07) is 19.5. The molecule has 1 fully saturated rings. The third-order valence-electron chi connectivity index (χ3n) is 6.13. The number of nitrogens with zero attached hydrogens (tertiary/aromatic N) is 2. The van der Waals surface area contributed by atoms with Crippen LogP contribution in [0.25, 0.3) is 5.76 Å². The number of likely N-dealkylation sites (N-methyl/N-ethyl adjacent to an activating group) is 1. The number of rotatable bonds is 8. The number of aliphatic hydroxyl groups is 1. The number of likely N-dealkylation sites (tertiary alicyclic amines) is 1. The van der Waals surface area contributed by atoms with Gasteiger partial charge in [0.1, 0.15) is 23.9 Å². The van der Waals surface area contributed by atoms with Crippen molar-refractivity contribution in [1.82, 2.24) is 9.80 Å². The van der Waals surface area contributed by atoms with E-state index in [9.17, 15) is 19.1 Å². The highest BCUT2D eigenvalue weighted by atomic mass is 19.1. The molecule has 4 rings (SSSR count). The number of aryl methyl sites for hydroxylation is 1. The lowest BCUT2D eigenvalue weighted by Crippen LogP contribution is -2.35. The van der Waals surface area contributed by atoms with Crippen molar-refractivity contribution < 1.29 is 23.8 Å². The topological polar surface area (TPSA) is 70.1 Å². The minimum Gasteiger partial charge on any atom is -0.507 e. The highest BCUT2D eigenvalue weighted by molar-refractivity contribution is 6.46. The molecule has 36 heavy (non-hydrogen) atoms. The third-order valence-corrected chi connectivity index (χ3v) is 6.13. The van der Waals surface area contributed by atoms with E-state index in [-0.39, 0.29) is 17.9 Å². The van der Waals surface area contributed by atoms with Crippen LogP contribution in [0.15, 0.2) is 78.4 Å². The summed E-state index contributed by atoms with van der Waals surface area (Å²) in [7, 11) is 3.73. The first-order valence-electron chi connectivity index (χ1n) is 11.7. The van der Waals surface area contributed by atoms with E-state index in [1.165, 1.54) is 29.2 Å². The van der Waals surface area contributed by atoms with Gasteiger partial charge in [0, 0.05) is 18.7 Å². The Morgan fingerprint density at radius 1 is 1.03 bits per heavy atom. The first kappa shape index (κ1) is 25.1. The maximum atomic E-state index is 13.6. The predicted molar refractivity (Wildman–Crippen MR) is 136 cm³/mol. The number of halogens is 1. The fourth-order valence-corrected chi connectivity index (χ4v) is 4.24. The Morgan fingerprint density at radius 2 is 1.72 bits per heavy atom. The summed E-state index contributed by atoms with van der Waals surface area (Å²) < 4.78 is 19.5. The Morgan fingerprint density at radius 3 is 2.36 bits per heavy atom. The van der Waals surface area contributed by atoms with Crippen molar-refractivity contribution >= 4 is 17.4 Å². The number of hydrogen-bond donors (Lipinski definition) is 1. The van der Waals surface area contributed by atoms with Crippen LogP contribution < -0.4 is 4.74 Å². The second kappa shape index (κ2) is 10.7. The Kier molecular flexibility index (Phi) is 7.50. The minimum atomic E-state index is -0.817. The molecule has 1 saturated heterocycles. The molecule has 0 bridgehead atoms. The van der Waals surface area contributed by atoms with Crippen LogP contribution in [0.1, 0.15) is 28.3 Å². The second-order valence-electron chi connectivity index (χ2n) is 9.15. The molecule has 1 aliphatic rings. The molecule has 0 unspecified atom stereocenters. The molecule has 1 N–H and O–H groups in total. The maximum absolute atomic E-state index is 13.6. The first-order chi connectivity index (χ1) is 17.2. The van der Waals surface area contributed by atoms with Gasteiger partial charge < -0.3 is 19.6 Å². The molecular formula is C29H29FN2O4. The van der Waals surface area contributed by atoms with Gasteiger partial charge in [-0.25, -0.2) is 4.39 Å². The molecule has 0 spiro atoms. The van der Waals surface area contributed by atoms with Crippen molar-refractivity contribution in [1.29, 1.82) is 0 Å². The van der Waals surface area contributed by atoms with Crippen molar-refractivity contribution in [2.24, 2.45) is 0 Å². The molecule has 3 aromatic carbocycles. The van der Waals surface area contributed by atoms with Crippen LogP contribution in [0, 0.1) is 12.7 Å². The van der Waals surface area contributed by atoms with Crippen molar-refractivity contribution in [2.75, 3.05) is 27.2 Å². The van der Waals surface area contributed by atoms with Gasteiger partial charge in [0.2, 0.25) is 0 Å². The van der Waals surface area contributed by atoms with Crippen molar-refractivity contribution in [3.63, 3.8) is 0 Å². The Balaban J connectivity index is 1.64. The number of hydrogen-bond acceptors (Lipinski definition) is 5. The maximum Gasteiger partial charge on any atom is 0.295 e. The fourth-order valence-electron chi connectivity index (χ4n) is 4.24. The molecule has 1 amide bonds. The number of aliphatic hydroxyl groups excluding tert-OH is 1. The number of ketones is 1. The average molecular weight is 489 g/mol. The van der Waals surface area contributed by atoms with Gasteiger partial charge in [0.05, 0.1) is 11.6 Å². The molecule has 1 aliphatic heterocycles. The van der Waals surface area contributed by atoms with E-state index < -0.39 is 23.5 Å².